The van der Waals surface area contributed by atoms with Crippen LogP contribution in [0.3, 0.4) is 0 Å². The molecule has 0 aromatic heterocycles. The Morgan fingerprint density at radius 3 is 2.23 bits per heavy atom. The fraction of sp³-hybridized carbons (Fsp3) is 0.231. The third-order valence-corrected chi connectivity index (χ3v) is 7.49. The number of hydrogen-bond donors (Lipinski definition) is 2. The third kappa shape index (κ3) is 6.61. The van der Waals surface area contributed by atoms with E-state index >= 15 is 0 Å². The van der Waals surface area contributed by atoms with Gasteiger partial charge >= 0.3 is 0 Å². The van der Waals surface area contributed by atoms with Gasteiger partial charge in [-0.25, -0.2) is 8.42 Å². The second-order valence-corrected chi connectivity index (χ2v) is 10.5. The number of carbonyl (C=O) groups excluding carboxylic acids is 2. The average molecular weight is 514 g/mol. The van der Waals surface area contributed by atoms with Gasteiger partial charge in [0.15, 0.2) is 0 Å². The highest BCUT2D eigenvalue weighted by molar-refractivity contribution is 7.92. The topological polar surface area (TPSA) is 95.6 Å². The van der Waals surface area contributed by atoms with E-state index in [1.54, 1.807) is 48.5 Å². The lowest BCUT2D eigenvalue weighted by Gasteiger charge is -2.24. The summed E-state index contributed by atoms with van der Waals surface area (Å²) in [5.41, 5.74) is 1.78. The van der Waals surface area contributed by atoms with Gasteiger partial charge in [0.2, 0.25) is 5.91 Å². The number of nitrogens with one attached hydrogen (secondary N) is 2. The van der Waals surface area contributed by atoms with Crippen molar-refractivity contribution in [2.45, 2.75) is 38.1 Å². The van der Waals surface area contributed by atoms with Crippen molar-refractivity contribution in [3.8, 4) is 0 Å². The smallest absolute Gasteiger partial charge is 0.264 e. The van der Waals surface area contributed by atoms with E-state index in [2.05, 4.69) is 10.6 Å². The average Bonchev–Trinajstić information content (AvgIpc) is 2.83. The zero-order valence-electron chi connectivity index (χ0n) is 19.8. The first-order chi connectivity index (χ1) is 16.6. The van der Waals surface area contributed by atoms with Gasteiger partial charge in [0.1, 0.15) is 6.54 Å². The summed E-state index contributed by atoms with van der Waals surface area (Å²) in [6, 6.07) is 19.1. The van der Waals surface area contributed by atoms with Crippen LogP contribution in [0.25, 0.3) is 0 Å². The molecule has 184 valence electrons. The van der Waals surface area contributed by atoms with E-state index in [1.807, 2.05) is 20.8 Å². The summed E-state index contributed by atoms with van der Waals surface area (Å²) in [6.07, 6.45) is 0.757. The van der Waals surface area contributed by atoms with Crippen LogP contribution in [0.1, 0.15) is 36.2 Å². The van der Waals surface area contributed by atoms with Gasteiger partial charge in [-0.2, -0.15) is 0 Å². The molecule has 1 atom stereocenters. The van der Waals surface area contributed by atoms with Crippen LogP contribution in [0.15, 0.2) is 77.7 Å². The van der Waals surface area contributed by atoms with Gasteiger partial charge < -0.3 is 10.6 Å². The predicted octanol–water partition coefficient (Wildman–Crippen LogP) is 5.01. The Balaban J connectivity index is 1.90. The normalized spacial score (nSPS) is 12.0. The van der Waals surface area contributed by atoms with Crippen molar-refractivity contribution in [2.75, 3.05) is 16.2 Å². The molecule has 0 radical (unpaired) electrons. The Labute approximate surface area is 211 Å². The van der Waals surface area contributed by atoms with Crippen molar-refractivity contribution in [2.24, 2.45) is 0 Å². The quantitative estimate of drug-likeness (QED) is 0.420. The van der Waals surface area contributed by atoms with Crippen molar-refractivity contribution in [1.29, 1.82) is 0 Å². The molecule has 0 saturated carbocycles. The Kier molecular flexibility index (Phi) is 8.53. The van der Waals surface area contributed by atoms with Crippen molar-refractivity contribution < 1.29 is 18.0 Å². The molecule has 2 N–H and O–H groups in total. The van der Waals surface area contributed by atoms with Crippen LogP contribution in [0.2, 0.25) is 5.02 Å². The SMILES string of the molecule is CC[C@@H](C)NC(=O)c1ccccc1NC(=O)CN(c1ccc(Cl)cc1)S(=O)(=O)c1ccc(C)cc1. The maximum atomic E-state index is 13.5. The van der Waals surface area contributed by atoms with Gasteiger partial charge in [0.05, 0.1) is 21.8 Å². The molecule has 0 unspecified atom stereocenters. The zero-order chi connectivity index (χ0) is 25.6. The first kappa shape index (κ1) is 26.2. The number of anilines is 2. The molecule has 0 saturated heterocycles. The lowest BCUT2D eigenvalue weighted by atomic mass is 10.1. The van der Waals surface area contributed by atoms with Gasteiger partial charge in [-0.05, 0) is 68.8 Å². The van der Waals surface area contributed by atoms with E-state index in [0.29, 0.717) is 16.3 Å². The molecule has 2 amide bonds. The Morgan fingerprint density at radius 1 is 0.971 bits per heavy atom. The number of rotatable bonds is 9. The number of hydrogen-bond acceptors (Lipinski definition) is 4. The van der Waals surface area contributed by atoms with Gasteiger partial charge in [0, 0.05) is 11.1 Å². The van der Waals surface area contributed by atoms with Crippen LogP contribution in [-0.2, 0) is 14.8 Å². The molecule has 3 rings (SSSR count). The van der Waals surface area contributed by atoms with Crippen molar-refractivity contribution in [1.82, 2.24) is 5.32 Å². The van der Waals surface area contributed by atoms with Crippen LogP contribution < -0.4 is 14.9 Å². The number of benzene rings is 3. The summed E-state index contributed by atoms with van der Waals surface area (Å²) < 4.78 is 28.0. The van der Waals surface area contributed by atoms with Crippen molar-refractivity contribution in [3.63, 3.8) is 0 Å². The largest absolute Gasteiger partial charge is 0.350 e. The maximum Gasteiger partial charge on any atom is 0.264 e. The molecule has 3 aromatic rings. The standard InChI is InChI=1S/C26H28ClN3O4S/c1-4-19(3)28-26(32)23-7-5-6-8-24(23)29-25(31)17-30(21-13-11-20(27)12-14-21)35(33,34)22-15-9-18(2)10-16-22/h5-16,19H,4,17H2,1-3H3,(H,28,32)(H,29,31)/t19-/m1/s1. The molecule has 0 aliphatic heterocycles. The molecule has 0 bridgehead atoms. The number of halogens is 1. The predicted molar refractivity (Wildman–Crippen MR) is 139 cm³/mol. The van der Waals surface area contributed by atoms with E-state index in [4.69, 9.17) is 11.6 Å². The Bertz CT molecular complexity index is 1290. The Morgan fingerprint density at radius 2 is 1.60 bits per heavy atom. The van der Waals surface area contributed by atoms with Crippen molar-refractivity contribution in [3.05, 3.63) is 88.9 Å². The lowest BCUT2D eigenvalue weighted by molar-refractivity contribution is -0.114. The molecule has 9 heteroatoms. The minimum Gasteiger partial charge on any atom is -0.350 e. The van der Waals surface area contributed by atoms with E-state index in [9.17, 15) is 18.0 Å². The minimum absolute atomic E-state index is 0.0358. The number of para-hydroxylation sites is 1. The second kappa shape index (κ2) is 11.4. The maximum absolute atomic E-state index is 13.5. The first-order valence-corrected chi connectivity index (χ1v) is 13.0. The van der Waals surface area contributed by atoms with Crippen LogP contribution in [-0.4, -0.2) is 32.8 Å². The lowest BCUT2D eigenvalue weighted by Crippen LogP contribution is -2.38. The summed E-state index contributed by atoms with van der Waals surface area (Å²) in [5.74, 6) is -0.920. The molecule has 35 heavy (non-hydrogen) atoms. The fourth-order valence-corrected chi connectivity index (χ4v) is 4.82. The molecular formula is C26H28ClN3O4S. The van der Waals surface area contributed by atoms with E-state index < -0.39 is 22.5 Å². The number of amides is 2. The van der Waals surface area contributed by atoms with E-state index in [1.165, 1.54) is 24.3 Å². The van der Waals surface area contributed by atoms with E-state index in [0.717, 1.165) is 16.3 Å². The summed E-state index contributed by atoms with van der Waals surface area (Å²) in [7, 11) is -4.07. The van der Waals surface area contributed by atoms with Gasteiger partial charge in [-0.3, -0.25) is 13.9 Å². The molecule has 0 aliphatic rings. The first-order valence-electron chi connectivity index (χ1n) is 11.2. The monoisotopic (exact) mass is 513 g/mol. The summed E-state index contributed by atoms with van der Waals surface area (Å²) in [5, 5.41) is 6.00. The van der Waals surface area contributed by atoms with Gasteiger partial charge in [-0.1, -0.05) is 48.4 Å². The van der Waals surface area contributed by atoms with Crippen LogP contribution in [0.5, 0.6) is 0 Å². The highest BCUT2D eigenvalue weighted by Gasteiger charge is 2.27. The summed E-state index contributed by atoms with van der Waals surface area (Å²) in [6.45, 7) is 5.20. The third-order valence-electron chi connectivity index (χ3n) is 5.45. The molecule has 0 aliphatic carbocycles. The summed E-state index contributed by atoms with van der Waals surface area (Å²) >= 11 is 5.99. The molecule has 3 aromatic carbocycles. The second-order valence-electron chi connectivity index (χ2n) is 8.18. The molecule has 7 nitrogen and oxygen atoms in total. The molecule has 0 spiro atoms. The number of sulfonamides is 1. The number of carbonyl (C=O) groups is 2. The molecular weight excluding hydrogens is 486 g/mol. The van der Waals surface area contributed by atoms with E-state index in [-0.39, 0.29) is 22.5 Å². The van der Waals surface area contributed by atoms with Gasteiger partial charge in [-0.15, -0.1) is 0 Å². The van der Waals surface area contributed by atoms with Crippen molar-refractivity contribution >= 4 is 44.8 Å². The van der Waals surface area contributed by atoms with Crippen LogP contribution >= 0.6 is 11.6 Å². The molecule has 0 heterocycles. The van der Waals surface area contributed by atoms with Gasteiger partial charge in [0.25, 0.3) is 15.9 Å². The Hall–Kier alpha value is -3.36. The summed E-state index contributed by atoms with van der Waals surface area (Å²) in [4.78, 5) is 25.8. The fourth-order valence-electron chi connectivity index (χ4n) is 3.27. The van der Waals surface area contributed by atoms with Crippen LogP contribution in [0, 0.1) is 6.92 Å². The zero-order valence-corrected chi connectivity index (χ0v) is 21.4. The highest BCUT2D eigenvalue weighted by Crippen LogP contribution is 2.26. The molecule has 0 fully saturated rings. The minimum atomic E-state index is -4.07. The van der Waals surface area contributed by atoms with Crippen LogP contribution in [0.4, 0.5) is 11.4 Å². The number of aryl methyl sites for hydroxylation is 1. The number of nitrogens with zero attached hydrogens (tertiary/aromatic N) is 1. The highest BCUT2D eigenvalue weighted by atomic mass is 35.5.